The van der Waals surface area contributed by atoms with Crippen LogP contribution < -0.4 is 21.7 Å². The number of carbonyl (C=O) groups is 2. The minimum Gasteiger partial charge on any atom is -0.382 e. The van der Waals surface area contributed by atoms with E-state index in [-0.39, 0.29) is 11.7 Å². The lowest BCUT2D eigenvalue weighted by atomic mass is 10.0. The van der Waals surface area contributed by atoms with Crippen LogP contribution in [0.1, 0.15) is 37.4 Å². The molecule has 0 saturated carbocycles. The summed E-state index contributed by atoms with van der Waals surface area (Å²) in [6.45, 7) is 9.19. The second-order valence-electron chi connectivity index (χ2n) is 4.98. The van der Waals surface area contributed by atoms with Crippen molar-refractivity contribution in [3.8, 4) is 0 Å². The van der Waals surface area contributed by atoms with Crippen LogP contribution in [0.5, 0.6) is 0 Å². The van der Waals surface area contributed by atoms with Gasteiger partial charge in [0.2, 0.25) is 5.91 Å². The maximum absolute atomic E-state index is 12.3. The summed E-state index contributed by atoms with van der Waals surface area (Å²) in [5.74, 6) is -0.902. The third kappa shape index (κ3) is 4.07. The lowest BCUT2D eigenvalue weighted by Gasteiger charge is -2.18. The van der Waals surface area contributed by atoms with E-state index in [2.05, 4.69) is 10.3 Å². The molecule has 0 fully saturated rings. The molecule has 1 rings (SSSR count). The first-order valence-corrected chi connectivity index (χ1v) is 7.74. The maximum atomic E-state index is 12.3. The first-order chi connectivity index (χ1) is 9.81. The van der Waals surface area contributed by atoms with E-state index in [4.69, 9.17) is 11.5 Å². The number of hydrogen-bond acceptors (Lipinski definition) is 6. The van der Waals surface area contributed by atoms with Gasteiger partial charge in [-0.05, 0) is 19.8 Å². The average molecular weight is 313 g/mol. The number of amides is 2. The van der Waals surface area contributed by atoms with Gasteiger partial charge in [-0.25, -0.2) is 4.98 Å². The third-order valence-corrected chi connectivity index (χ3v) is 4.27. The van der Waals surface area contributed by atoms with Crippen LogP contribution in [0.3, 0.4) is 0 Å². The second-order valence-corrected chi connectivity index (χ2v) is 5.96. The highest BCUT2D eigenvalue weighted by Gasteiger charge is 2.25. The minimum absolute atomic E-state index is 0.0946. The van der Waals surface area contributed by atoms with E-state index in [0.29, 0.717) is 10.0 Å². The molecule has 21 heavy (non-hydrogen) atoms. The van der Waals surface area contributed by atoms with Gasteiger partial charge in [0.05, 0.1) is 0 Å². The summed E-state index contributed by atoms with van der Waals surface area (Å²) in [4.78, 5) is 30.1. The number of carbonyl (C=O) groups excluding carboxylic acids is 2. The molecule has 118 valence electrons. The zero-order valence-corrected chi connectivity index (χ0v) is 13.7. The highest BCUT2D eigenvalue weighted by molar-refractivity contribution is 7.18. The summed E-state index contributed by atoms with van der Waals surface area (Å²) < 4.78 is 0. The molecule has 0 aromatic carbocycles. The highest BCUT2D eigenvalue weighted by Crippen LogP contribution is 2.28. The molecular formula is C13H23N5O2S. The Labute approximate surface area is 128 Å². The van der Waals surface area contributed by atoms with Crippen LogP contribution in [0.4, 0.5) is 10.9 Å². The van der Waals surface area contributed by atoms with E-state index >= 15 is 0 Å². The van der Waals surface area contributed by atoms with Gasteiger partial charge in [0.1, 0.15) is 16.7 Å². The number of rotatable bonds is 7. The third-order valence-electron chi connectivity index (χ3n) is 3.14. The summed E-state index contributed by atoms with van der Waals surface area (Å²) in [5, 5.41) is 3.32. The van der Waals surface area contributed by atoms with E-state index in [1.807, 2.05) is 32.6 Å². The summed E-state index contributed by atoms with van der Waals surface area (Å²) >= 11 is 1.22. The van der Waals surface area contributed by atoms with Gasteiger partial charge in [-0.15, -0.1) is 0 Å². The molecule has 1 atom stereocenters. The second kappa shape index (κ2) is 7.26. The monoisotopic (exact) mass is 313 g/mol. The Hall–Kier alpha value is -1.83. The molecule has 0 aliphatic heterocycles. The molecule has 0 aliphatic rings. The summed E-state index contributed by atoms with van der Waals surface area (Å²) in [6.07, 6.45) is 0. The lowest BCUT2D eigenvalue weighted by Crippen LogP contribution is -2.47. The van der Waals surface area contributed by atoms with Crippen LogP contribution in [0.15, 0.2) is 0 Å². The molecule has 0 saturated heterocycles. The number of thiazole rings is 1. The van der Waals surface area contributed by atoms with E-state index in [0.717, 1.165) is 13.1 Å². The molecule has 5 N–H and O–H groups in total. The van der Waals surface area contributed by atoms with Crippen molar-refractivity contribution in [2.45, 2.75) is 33.7 Å². The quantitative estimate of drug-likeness (QED) is 0.689. The number of aromatic nitrogens is 1. The van der Waals surface area contributed by atoms with Crippen LogP contribution in [0, 0.1) is 5.92 Å². The molecule has 1 unspecified atom stereocenters. The highest BCUT2D eigenvalue weighted by atomic mass is 32.1. The molecule has 1 heterocycles. The van der Waals surface area contributed by atoms with Gasteiger partial charge in [-0.1, -0.05) is 25.2 Å². The Balaban J connectivity index is 2.95. The zero-order chi connectivity index (χ0) is 16.2. The predicted molar refractivity (Wildman–Crippen MR) is 85.4 cm³/mol. The van der Waals surface area contributed by atoms with E-state index in [1.165, 1.54) is 11.3 Å². The summed E-state index contributed by atoms with van der Waals surface area (Å²) in [7, 11) is 0. The standard InChI is InChI=1S/C13H23N5O2S/c1-5-18(6-2)13-17-10(14)9(21-13)12(20)16-8(7(3)4)11(15)19/h7-8H,5-6,14H2,1-4H3,(H2,15,19)(H,16,20). The Morgan fingerprint density at radius 1 is 1.33 bits per heavy atom. The van der Waals surface area contributed by atoms with Crippen molar-refractivity contribution < 1.29 is 9.59 Å². The van der Waals surface area contributed by atoms with Crippen LogP contribution >= 0.6 is 11.3 Å². The van der Waals surface area contributed by atoms with Crippen molar-refractivity contribution in [2.24, 2.45) is 11.7 Å². The van der Waals surface area contributed by atoms with E-state index in [9.17, 15) is 9.59 Å². The van der Waals surface area contributed by atoms with Gasteiger partial charge in [-0.3, -0.25) is 9.59 Å². The van der Waals surface area contributed by atoms with Gasteiger partial charge in [0.15, 0.2) is 5.13 Å². The van der Waals surface area contributed by atoms with Crippen molar-refractivity contribution in [1.82, 2.24) is 10.3 Å². The molecular weight excluding hydrogens is 290 g/mol. The van der Waals surface area contributed by atoms with Gasteiger partial charge in [0, 0.05) is 13.1 Å². The molecule has 0 aliphatic carbocycles. The fourth-order valence-electron chi connectivity index (χ4n) is 1.89. The van der Waals surface area contributed by atoms with Gasteiger partial charge in [0.25, 0.3) is 5.91 Å². The Morgan fingerprint density at radius 2 is 1.90 bits per heavy atom. The molecule has 7 nitrogen and oxygen atoms in total. The Kier molecular flexibility index (Phi) is 5.95. The fraction of sp³-hybridized carbons (Fsp3) is 0.615. The van der Waals surface area contributed by atoms with Crippen molar-refractivity contribution in [3.63, 3.8) is 0 Å². The number of anilines is 2. The molecule has 8 heteroatoms. The molecule has 0 bridgehead atoms. The van der Waals surface area contributed by atoms with Crippen molar-refractivity contribution in [1.29, 1.82) is 0 Å². The lowest BCUT2D eigenvalue weighted by molar-refractivity contribution is -0.120. The SMILES string of the molecule is CCN(CC)c1nc(N)c(C(=O)NC(C(N)=O)C(C)C)s1. The number of nitrogens with two attached hydrogens (primary N) is 2. The smallest absolute Gasteiger partial charge is 0.265 e. The largest absolute Gasteiger partial charge is 0.382 e. The normalized spacial score (nSPS) is 12.2. The Bertz CT molecular complexity index is 511. The van der Waals surface area contributed by atoms with E-state index in [1.54, 1.807) is 0 Å². The number of hydrogen-bond donors (Lipinski definition) is 3. The van der Waals surface area contributed by atoms with Crippen molar-refractivity contribution in [2.75, 3.05) is 23.7 Å². The number of nitrogens with one attached hydrogen (secondary N) is 1. The van der Waals surface area contributed by atoms with Crippen LogP contribution in [0.2, 0.25) is 0 Å². The maximum Gasteiger partial charge on any atom is 0.265 e. The molecule has 0 radical (unpaired) electrons. The fourth-order valence-corrected chi connectivity index (χ4v) is 2.90. The number of primary amides is 1. The number of nitrogen functional groups attached to an aromatic ring is 1. The zero-order valence-electron chi connectivity index (χ0n) is 12.8. The molecule has 0 spiro atoms. The van der Waals surface area contributed by atoms with Crippen molar-refractivity contribution >= 4 is 34.1 Å². The Morgan fingerprint density at radius 3 is 2.33 bits per heavy atom. The topological polar surface area (TPSA) is 114 Å². The summed E-state index contributed by atoms with van der Waals surface area (Å²) in [5.41, 5.74) is 11.1. The van der Waals surface area contributed by atoms with Crippen LogP contribution in [0.25, 0.3) is 0 Å². The summed E-state index contributed by atoms with van der Waals surface area (Å²) in [6, 6.07) is -0.726. The van der Waals surface area contributed by atoms with Gasteiger partial charge >= 0.3 is 0 Å². The average Bonchev–Trinajstić information content (AvgIpc) is 2.78. The predicted octanol–water partition coefficient (Wildman–Crippen LogP) is 0.811. The molecule has 1 aromatic rings. The van der Waals surface area contributed by atoms with Gasteiger partial charge in [-0.2, -0.15) is 0 Å². The first-order valence-electron chi connectivity index (χ1n) is 6.93. The first kappa shape index (κ1) is 17.2. The van der Waals surface area contributed by atoms with Crippen LogP contribution in [-0.2, 0) is 4.79 Å². The molecule has 1 aromatic heterocycles. The molecule has 2 amide bonds. The van der Waals surface area contributed by atoms with Gasteiger partial charge < -0.3 is 21.7 Å². The van der Waals surface area contributed by atoms with Crippen molar-refractivity contribution in [3.05, 3.63) is 4.88 Å². The number of nitrogens with zero attached hydrogens (tertiary/aromatic N) is 2. The van der Waals surface area contributed by atoms with E-state index < -0.39 is 17.9 Å². The van der Waals surface area contributed by atoms with Crippen LogP contribution in [-0.4, -0.2) is 35.9 Å². The minimum atomic E-state index is -0.726.